The van der Waals surface area contributed by atoms with Gasteiger partial charge in [0.2, 0.25) is 0 Å². The average molecular weight is 233 g/mol. The monoisotopic (exact) mass is 233 g/mol. The number of rotatable bonds is 2. The molecule has 0 aromatic carbocycles. The van der Waals surface area contributed by atoms with Gasteiger partial charge >= 0.3 is 0 Å². The molecule has 5 unspecified atom stereocenters. The fraction of sp³-hybridized carbons (Fsp3) is 0.714. The van der Waals surface area contributed by atoms with Crippen LogP contribution in [0.2, 0.25) is 0 Å². The predicted octanol–water partition coefficient (Wildman–Crippen LogP) is 3.35. The number of hydrogen-bond acceptors (Lipinski definition) is 2. The maximum atomic E-state index is 6.50. The van der Waals surface area contributed by atoms with Crippen LogP contribution in [0.15, 0.2) is 11.4 Å². The van der Waals surface area contributed by atoms with E-state index in [0.717, 1.165) is 29.6 Å². The summed E-state index contributed by atoms with van der Waals surface area (Å²) >= 11 is 1.86. The molecule has 1 nitrogen and oxygen atoms in total. The zero-order valence-corrected chi connectivity index (χ0v) is 10.5. The van der Waals surface area contributed by atoms with E-state index in [-0.39, 0.29) is 0 Å². The van der Waals surface area contributed by atoms with Crippen LogP contribution >= 0.6 is 11.3 Å². The van der Waals surface area contributed by atoms with Crippen LogP contribution in [0.4, 0.5) is 0 Å². The Morgan fingerprint density at radius 2 is 2.00 bits per heavy atom. The summed E-state index contributed by atoms with van der Waals surface area (Å²) in [5, 5.41) is 2.19. The predicted molar refractivity (Wildman–Crippen MR) is 67.3 cm³/mol. The highest BCUT2D eigenvalue weighted by atomic mass is 32.1. The first-order chi connectivity index (χ1) is 7.77. The number of thiophene rings is 1. The van der Waals surface area contributed by atoms with Crippen molar-refractivity contribution in [3.8, 4) is 0 Å². The van der Waals surface area contributed by atoms with Gasteiger partial charge in [0.1, 0.15) is 0 Å². The minimum atomic E-state index is 0.346. The lowest BCUT2D eigenvalue weighted by Gasteiger charge is -2.15. The van der Waals surface area contributed by atoms with Gasteiger partial charge in [-0.15, -0.1) is 11.3 Å². The Bertz CT molecular complexity index is 408. The van der Waals surface area contributed by atoms with Gasteiger partial charge in [0.15, 0.2) is 0 Å². The Morgan fingerprint density at radius 1 is 1.31 bits per heavy atom. The molecule has 5 atom stereocenters. The second-order valence-electron chi connectivity index (χ2n) is 6.06. The molecule has 3 fully saturated rings. The standard InChI is InChI=1S/C14H19NS/c1-7-4-5-16-14(7)13(15)12-10-8-2-3-9(6-8)11(10)12/h4-5,8-13H,2-3,6,15H2,1H3. The van der Waals surface area contributed by atoms with Crippen molar-refractivity contribution in [2.75, 3.05) is 0 Å². The van der Waals surface area contributed by atoms with Gasteiger partial charge in [-0.2, -0.15) is 0 Å². The van der Waals surface area contributed by atoms with Gasteiger partial charge in [-0.05, 0) is 72.8 Å². The van der Waals surface area contributed by atoms with Gasteiger partial charge in [-0.3, -0.25) is 0 Å². The molecule has 3 aliphatic rings. The van der Waals surface area contributed by atoms with Gasteiger partial charge in [0, 0.05) is 10.9 Å². The molecule has 0 spiro atoms. The SMILES string of the molecule is Cc1ccsc1C(N)C1C2C3CCC(C3)C21. The van der Waals surface area contributed by atoms with Crippen molar-refractivity contribution in [2.45, 2.75) is 32.2 Å². The van der Waals surface area contributed by atoms with Crippen molar-refractivity contribution in [3.05, 3.63) is 21.9 Å². The minimum Gasteiger partial charge on any atom is -0.323 e. The van der Waals surface area contributed by atoms with Gasteiger partial charge in [0.25, 0.3) is 0 Å². The summed E-state index contributed by atoms with van der Waals surface area (Å²) in [6.07, 6.45) is 4.53. The van der Waals surface area contributed by atoms with E-state index in [1.165, 1.54) is 29.7 Å². The third-order valence-electron chi connectivity index (χ3n) is 5.41. The zero-order valence-electron chi connectivity index (χ0n) is 9.73. The first-order valence-corrected chi connectivity index (χ1v) is 7.45. The van der Waals surface area contributed by atoms with Gasteiger partial charge in [-0.1, -0.05) is 0 Å². The van der Waals surface area contributed by atoms with Crippen LogP contribution < -0.4 is 5.73 Å². The fourth-order valence-corrected chi connectivity index (χ4v) is 5.76. The lowest BCUT2D eigenvalue weighted by atomic mass is 9.96. The van der Waals surface area contributed by atoms with Crippen molar-refractivity contribution < 1.29 is 0 Å². The molecule has 1 aromatic rings. The molecule has 2 bridgehead atoms. The van der Waals surface area contributed by atoms with Crippen LogP contribution in [0.5, 0.6) is 0 Å². The van der Waals surface area contributed by atoms with E-state index in [0.29, 0.717) is 6.04 Å². The third kappa shape index (κ3) is 1.10. The van der Waals surface area contributed by atoms with Crippen LogP contribution in [-0.2, 0) is 0 Å². The summed E-state index contributed by atoms with van der Waals surface area (Å²) in [6, 6.07) is 2.56. The Kier molecular flexibility index (Phi) is 1.88. The Morgan fingerprint density at radius 3 is 2.56 bits per heavy atom. The summed E-state index contributed by atoms with van der Waals surface area (Å²) in [5.41, 5.74) is 7.91. The van der Waals surface area contributed by atoms with Crippen LogP contribution in [0.25, 0.3) is 0 Å². The largest absolute Gasteiger partial charge is 0.323 e. The summed E-state index contributed by atoms with van der Waals surface area (Å²) in [6.45, 7) is 2.21. The Hall–Kier alpha value is -0.340. The topological polar surface area (TPSA) is 26.0 Å². The molecule has 0 saturated heterocycles. The number of hydrogen-bond donors (Lipinski definition) is 1. The smallest absolute Gasteiger partial charge is 0.0426 e. The number of aryl methyl sites for hydroxylation is 1. The molecule has 0 amide bonds. The van der Waals surface area contributed by atoms with Crippen LogP contribution in [-0.4, -0.2) is 0 Å². The van der Waals surface area contributed by atoms with Crippen molar-refractivity contribution in [2.24, 2.45) is 35.3 Å². The van der Waals surface area contributed by atoms with Crippen LogP contribution in [0.1, 0.15) is 35.7 Å². The molecular weight excluding hydrogens is 214 g/mol. The second-order valence-corrected chi connectivity index (χ2v) is 7.01. The van der Waals surface area contributed by atoms with Crippen LogP contribution in [0, 0.1) is 36.5 Å². The molecular formula is C14H19NS. The molecule has 16 heavy (non-hydrogen) atoms. The van der Waals surface area contributed by atoms with Crippen LogP contribution in [0.3, 0.4) is 0 Å². The Balaban J connectivity index is 1.59. The zero-order chi connectivity index (χ0) is 10.9. The van der Waals surface area contributed by atoms with E-state index in [4.69, 9.17) is 5.73 Å². The molecule has 1 aromatic heterocycles. The normalized spacial score (nSPS) is 45.8. The first-order valence-electron chi connectivity index (χ1n) is 6.57. The molecule has 2 heteroatoms. The lowest BCUT2D eigenvalue weighted by Crippen LogP contribution is -2.17. The number of nitrogens with two attached hydrogens (primary N) is 1. The van der Waals surface area contributed by atoms with E-state index < -0.39 is 0 Å². The third-order valence-corrected chi connectivity index (χ3v) is 6.53. The maximum absolute atomic E-state index is 6.50. The molecule has 0 radical (unpaired) electrons. The molecule has 0 aliphatic heterocycles. The van der Waals surface area contributed by atoms with Crippen molar-refractivity contribution >= 4 is 11.3 Å². The van der Waals surface area contributed by atoms with Crippen molar-refractivity contribution in [3.63, 3.8) is 0 Å². The highest BCUT2D eigenvalue weighted by molar-refractivity contribution is 7.10. The molecule has 86 valence electrons. The van der Waals surface area contributed by atoms with E-state index in [9.17, 15) is 0 Å². The maximum Gasteiger partial charge on any atom is 0.0426 e. The van der Waals surface area contributed by atoms with E-state index in [2.05, 4.69) is 18.4 Å². The van der Waals surface area contributed by atoms with E-state index in [1.54, 1.807) is 0 Å². The molecule has 3 aliphatic carbocycles. The summed E-state index contributed by atoms with van der Waals surface area (Å²) in [7, 11) is 0. The van der Waals surface area contributed by atoms with Gasteiger partial charge in [0.05, 0.1) is 0 Å². The highest BCUT2D eigenvalue weighted by Gasteiger charge is 2.66. The molecule has 4 rings (SSSR count). The summed E-state index contributed by atoms with van der Waals surface area (Å²) in [4.78, 5) is 1.46. The molecule has 2 N–H and O–H groups in total. The quantitative estimate of drug-likeness (QED) is 0.833. The summed E-state index contributed by atoms with van der Waals surface area (Å²) in [5.74, 6) is 4.95. The first kappa shape index (κ1) is 9.67. The van der Waals surface area contributed by atoms with Crippen molar-refractivity contribution in [1.82, 2.24) is 0 Å². The Labute approximate surface area is 101 Å². The molecule has 3 saturated carbocycles. The fourth-order valence-electron chi connectivity index (χ4n) is 4.77. The average Bonchev–Trinajstić information content (AvgIpc) is 2.67. The summed E-state index contributed by atoms with van der Waals surface area (Å²) < 4.78 is 0. The van der Waals surface area contributed by atoms with Crippen molar-refractivity contribution in [1.29, 1.82) is 0 Å². The van der Waals surface area contributed by atoms with Gasteiger partial charge < -0.3 is 5.73 Å². The van der Waals surface area contributed by atoms with E-state index >= 15 is 0 Å². The lowest BCUT2D eigenvalue weighted by molar-refractivity contribution is 0.420. The highest BCUT2D eigenvalue weighted by Crippen LogP contribution is 2.72. The van der Waals surface area contributed by atoms with Gasteiger partial charge in [-0.25, -0.2) is 0 Å². The molecule has 1 heterocycles. The number of fused-ring (bicyclic) bond motifs is 5. The minimum absolute atomic E-state index is 0.346. The second kappa shape index (κ2) is 3.11. The van der Waals surface area contributed by atoms with E-state index in [1.807, 2.05) is 11.3 Å².